The van der Waals surface area contributed by atoms with E-state index in [1.165, 1.54) is 4.88 Å². The Kier molecular flexibility index (Phi) is 6.76. The minimum absolute atomic E-state index is 0.0268. The van der Waals surface area contributed by atoms with E-state index in [4.69, 9.17) is 0 Å². The average molecular weight is 465 g/mol. The number of fused-ring (bicyclic) bond motifs is 1. The van der Waals surface area contributed by atoms with Crippen LogP contribution in [-0.2, 0) is 18.6 Å². The summed E-state index contributed by atoms with van der Waals surface area (Å²) >= 11 is 1.72. The summed E-state index contributed by atoms with van der Waals surface area (Å²) in [7, 11) is 0. The van der Waals surface area contributed by atoms with E-state index in [0.29, 0.717) is 6.54 Å². The molecular weight excluding hydrogens is 432 g/mol. The van der Waals surface area contributed by atoms with Crippen molar-refractivity contribution in [1.82, 2.24) is 30.1 Å². The molecule has 0 saturated carbocycles. The Balaban J connectivity index is 1.75. The van der Waals surface area contributed by atoms with Crippen molar-refractivity contribution in [3.05, 3.63) is 74.0 Å². The van der Waals surface area contributed by atoms with Gasteiger partial charge in [-0.15, -0.1) is 16.4 Å². The van der Waals surface area contributed by atoms with Crippen molar-refractivity contribution >= 4 is 22.2 Å². The van der Waals surface area contributed by atoms with E-state index >= 15 is 0 Å². The quantitative estimate of drug-likeness (QED) is 0.369. The number of H-pyrrole nitrogens is 1. The summed E-state index contributed by atoms with van der Waals surface area (Å²) in [6, 6.07) is 12.3. The molecule has 0 spiro atoms. The minimum Gasteiger partial charge on any atom is -0.322 e. The van der Waals surface area contributed by atoms with Crippen LogP contribution in [0.4, 0.5) is 0 Å². The predicted molar refractivity (Wildman–Crippen MR) is 133 cm³/mol. The molecule has 7 nitrogen and oxygen atoms in total. The van der Waals surface area contributed by atoms with Crippen LogP contribution in [0.2, 0.25) is 0 Å². The lowest BCUT2D eigenvalue weighted by atomic mass is 10.0. The third-order valence-electron chi connectivity index (χ3n) is 6.45. The lowest BCUT2D eigenvalue weighted by Crippen LogP contribution is -2.35. The van der Waals surface area contributed by atoms with Gasteiger partial charge >= 0.3 is 0 Å². The van der Waals surface area contributed by atoms with Crippen LogP contribution in [0.15, 0.2) is 46.6 Å². The summed E-state index contributed by atoms with van der Waals surface area (Å²) in [5, 5.41) is 16.0. The fourth-order valence-electron chi connectivity index (χ4n) is 4.16. The van der Waals surface area contributed by atoms with Crippen LogP contribution in [0.3, 0.4) is 0 Å². The Hall–Kier alpha value is -2.84. The van der Waals surface area contributed by atoms with Crippen molar-refractivity contribution < 1.29 is 0 Å². The predicted octanol–water partition coefficient (Wildman–Crippen LogP) is 5.18. The normalized spacial score (nSPS) is 13.2. The lowest BCUT2D eigenvalue weighted by Gasteiger charge is -2.32. The Morgan fingerprint density at radius 1 is 1.18 bits per heavy atom. The minimum atomic E-state index is -0.195. The number of hydrogen-bond acceptors (Lipinski definition) is 6. The van der Waals surface area contributed by atoms with Crippen molar-refractivity contribution in [1.29, 1.82) is 0 Å². The van der Waals surface area contributed by atoms with E-state index in [2.05, 4.69) is 82.7 Å². The zero-order valence-corrected chi connectivity index (χ0v) is 20.8. The number of aromatic nitrogens is 5. The molecule has 0 fully saturated rings. The van der Waals surface area contributed by atoms with Crippen LogP contribution in [0.1, 0.15) is 68.4 Å². The van der Waals surface area contributed by atoms with E-state index in [-0.39, 0.29) is 17.1 Å². The third-order valence-corrected chi connectivity index (χ3v) is 7.31. The molecule has 0 saturated heterocycles. The number of hydrogen-bond donors (Lipinski definition) is 1. The summed E-state index contributed by atoms with van der Waals surface area (Å²) in [4.78, 5) is 19.7. The highest BCUT2D eigenvalue weighted by Gasteiger charge is 2.31. The maximum atomic E-state index is 13.0. The summed E-state index contributed by atoms with van der Waals surface area (Å²) in [6.45, 7) is 11.9. The maximum absolute atomic E-state index is 13.0. The van der Waals surface area contributed by atoms with E-state index in [0.717, 1.165) is 47.2 Å². The second-order valence-electron chi connectivity index (χ2n) is 9.24. The molecule has 1 N–H and O–H groups in total. The highest BCUT2D eigenvalue weighted by molar-refractivity contribution is 7.09. The van der Waals surface area contributed by atoms with Gasteiger partial charge in [0.25, 0.3) is 5.56 Å². The molecule has 4 aromatic rings. The van der Waals surface area contributed by atoms with Crippen LogP contribution >= 0.6 is 11.3 Å². The largest absolute Gasteiger partial charge is 0.322 e. The first-order valence-corrected chi connectivity index (χ1v) is 12.4. The first-order chi connectivity index (χ1) is 15.8. The molecule has 174 valence electrons. The monoisotopic (exact) mass is 464 g/mol. The molecule has 0 aliphatic rings. The molecule has 8 heteroatoms. The van der Waals surface area contributed by atoms with Gasteiger partial charge in [0.05, 0.1) is 11.6 Å². The average Bonchev–Trinajstić information content (AvgIpc) is 3.47. The number of rotatable bonds is 9. The molecule has 3 heterocycles. The van der Waals surface area contributed by atoms with Crippen molar-refractivity contribution in [2.75, 3.05) is 0 Å². The van der Waals surface area contributed by atoms with Crippen LogP contribution in [0, 0.1) is 6.92 Å². The summed E-state index contributed by atoms with van der Waals surface area (Å²) in [6.07, 6.45) is 1.74. The summed E-state index contributed by atoms with van der Waals surface area (Å²) < 4.78 is 1.95. The topological polar surface area (TPSA) is 79.7 Å². The number of nitrogens with one attached hydrogen (secondary N) is 1. The maximum Gasteiger partial charge on any atom is 0.252 e. The molecule has 33 heavy (non-hydrogen) atoms. The van der Waals surface area contributed by atoms with E-state index < -0.39 is 0 Å². The molecule has 1 aromatic carbocycles. The number of nitrogens with zero attached hydrogens (tertiary/aromatic N) is 5. The third kappa shape index (κ3) is 4.91. The Morgan fingerprint density at radius 2 is 2.00 bits per heavy atom. The Morgan fingerprint density at radius 3 is 2.70 bits per heavy atom. The molecule has 0 radical (unpaired) electrons. The molecule has 1 unspecified atom stereocenters. The molecule has 3 aromatic heterocycles. The highest BCUT2D eigenvalue weighted by atomic mass is 32.1. The van der Waals surface area contributed by atoms with Crippen LogP contribution in [0.5, 0.6) is 0 Å². The molecule has 0 bridgehead atoms. The molecule has 0 aliphatic heterocycles. The SMILES string of the molecule is CCC(c1nnnn1C(C)(C)CC)N(Cc1cccs1)Cc1cc2ccc(C)cc2[nH]c1=O. The van der Waals surface area contributed by atoms with E-state index in [9.17, 15) is 4.79 Å². The van der Waals surface area contributed by atoms with Gasteiger partial charge in [-0.05, 0) is 78.6 Å². The number of benzene rings is 1. The van der Waals surface area contributed by atoms with Gasteiger partial charge in [0.15, 0.2) is 5.82 Å². The first-order valence-electron chi connectivity index (χ1n) is 11.5. The van der Waals surface area contributed by atoms with Crippen molar-refractivity contribution in [3.8, 4) is 0 Å². The fraction of sp³-hybridized carbons (Fsp3) is 0.440. The van der Waals surface area contributed by atoms with Gasteiger partial charge < -0.3 is 4.98 Å². The van der Waals surface area contributed by atoms with E-state index in [1.54, 1.807) is 11.3 Å². The number of tetrazole rings is 1. The molecular formula is C25H32N6OS. The van der Waals surface area contributed by atoms with Gasteiger partial charge in [0, 0.05) is 29.0 Å². The molecule has 0 aliphatic carbocycles. The highest BCUT2D eigenvalue weighted by Crippen LogP contribution is 2.30. The van der Waals surface area contributed by atoms with Gasteiger partial charge in [-0.1, -0.05) is 32.0 Å². The van der Waals surface area contributed by atoms with Crippen LogP contribution < -0.4 is 5.56 Å². The van der Waals surface area contributed by atoms with Gasteiger partial charge in [-0.25, -0.2) is 4.68 Å². The zero-order chi connectivity index (χ0) is 23.6. The van der Waals surface area contributed by atoms with Crippen molar-refractivity contribution in [2.45, 2.75) is 72.1 Å². The Bertz CT molecular complexity index is 1270. The number of aryl methyl sites for hydroxylation is 1. The standard InChI is InChI=1S/C25H32N6OS/c1-6-22(23-27-28-29-31(23)25(4,5)7-2)30(16-20-9-8-12-33-20)15-19-14-18-11-10-17(3)13-21(18)26-24(19)32/h8-14,22H,6-7,15-16H2,1-5H3,(H,26,32). The van der Waals surface area contributed by atoms with E-state index in [1.807, 2.05) is 23.7 Å². The summed E-state index contributed by atoms with van der Waals surface area (Å²) in [5.74, 6) is 0.841. The number of aromatic amines is 1. The number of thiophene rings is 1. The van der Waals surface area contributed by atoms with Gasteiger partial charge in [-0.2, -0.15) is 0 Å². The van der Waals surface area contributed by atoms with Gasteiger partial charge in [0.1, 0.15) is 0 Å². The Labute approximate surface area is 198 Å². The lowest BCUT2D eigenvalue weighted by molar-refractivity contribution is 0.152. The van der Waals surface area contributed by atoms with Crippen molar-refractivity contribution in [2.24, 2.45) is 0 Å². The van der Waals surface area contributed by atoms with Gasteiger partial charge in [-0.3, -0.25) is 9.69 Å². The summed E-state index contributed by atoms with van der Waals surface area (Å²) in [5.41, 5.74) is 2.50. The van der Waals surface area contributed by atoms with Crippen LogP contribution in [0.25, 0.3) is 10.9 Å². The number of pyridine rings is 1. The fourth-order valence-corrected chi connectivity index (χ4v) is 4.89. The second-order valence-corrected chi connectivity index (χ2v) is 10.3. The molecule has 1 atom stereocenters. The zero-order valence-electron chi connectivity index (χ0n) is 20.0. The van der Waals surface area contributed by atoms with Crippen molar-refractivity contribution in [3.63, 3.8) is 0 Å². The second kappa shape index (κ2) is 9.57. The first kappa shape index (κ1) is 23.3. The van der Waals surface area contributed by atoms with Gasteiger partial charge in [0.2, 0.25) is 0 Å². The smallest absolute Gasteiger partial charge is 0.252 e. The van der Waals surface area contributed by atoms with Crippen LogP contribution in [-0.4, -0.2) is 30.1 Å². The molecule has 0 amide bonds. The molecule has 4 rings (SSSR count).